The molecule has 2 N–H and O–H groups in total. The molecule has 12 heavy (non-hydrogen) atoms. The molecule has 0 rings (SSSR count). The summed E-state index contributed by atoms with van der Waals surface area (Å²) < 4.78 is 0. The van der Waals surface area contributed by atoms with Crippen molar-refractivity contribution >= 4 is 0 Å². The van der Waals surface area contributed by atoms with Gasteiger partial charge in [-0.1, -0.05) is 38.5 Å². The Hall–Kier alpha value is -0.760. The van der Waals surface area contributed by atoms with Crippen molar-refractivity contribution in [3.63, 3.8) is 0 Å². The lowest BCUT2D eigenvalue weighted by atomic mass is 10.3. The van der Waals surface area contributed by atoms with Crippen LogP contribution in [0.1, 0.15) is 33.1 Å². The van der Waals surface area contributed by atoms with E-state index in [0.717, 1.165) is 25.5 Å². The molecule has 0 aromatic rings. The zero-order chi connectivity index (χ0) is 9.66. The highest BCUT2D eigenvalue weighted by atomic mass is 16.2. The van der Waals surface area contributed by atoms with Crippen molar-refractivity contribution in [2.45, 2.75) is 33.1 Å². The molecule has 0 heterocycles. The van der Waals surface area contributed by atoms with Crippen molar-refractivity contribution in [2.75, 3.05) is 6.61 Å². The Kier molecular flexibility index (Phi) is 19.2. The maximum Gasteiger partial charge on any atom is 0.0751 e. The van der Waals surface area contributed by atoms with Gasteiger partial charge in [0.1, 0.15) is 0 Å². The monoisotopic (exact) mass is 172 g/mol. The van der Waals surface area contributed by atoms with Crippen LogP contribution in [0, 0.1) is 0 Å². The summed E-state index contributed by atoms with van der Waals surface area (Å²) in [5, 5.41) is 16.1. The van der Waals surface area contributed by atoms with E-state index in [-0.39, 0.29) is 6.61 Å². The van der Waals surface area contributed by atoms with Gasteiger partial charge in [0, 0.05) is 0 Å². The molecule has 0 aliphatic heterocycles. The fourth-order valence-electron chi connectivity index (χ4n) is 0.482. The van der Waals surface area contributed by atoms with Gasteiger partial charge in [0.25, 0.3) is 0 Å². The molecular weight excluding hydrogens is 152 g/mol. The van der Waals surface area contributed by atoms with Crippen LogP contribution in [-0.4, -0.2) is 16.8 Å². The van der Waals surface area contributed by atoms with Crippen LogP contribution in [0.5, 0.6) is 0 Å². The molecule has 0 fully saturated rings. The van der Waals surface area contributed by atoms with Gasteiger partial charge in [-0.05, 0) is 12.8 Å². The van der Waals surface area contributed by atoms with E-state index in [1.807, 2.05) is 13.0 Å². The lowest BCUT2D eigenvalue weighted by molar-refractivity contribution is 0.342. The minimum absolute atomic E-state index is 0.174. The molecule has 0 aromatic carbocycles. The van der Waals surface area contributed by atoms with Gasteiger partial charge in [0.05, 0.1) is 12.9 Å². The molecule has 0 saturated heterocycles. The summed E-state index contributed by atoms with van der Waals surface area (Å²) in [6.07, 6.45) is 9.59. The predicted molar refractivity (Wildman–Crippen MR) is 53.2 cm³/mol. The first-order valence-electron chi connectivity index (χ1n) is 4.38. The molecule has 0 atom stereocenters. The smallest absolute Gasteiger partial charge is 0.0751 e. The molecule has 0 spiro atoms. The standard InChI is InChI=1S/2C5H10O/c2*1-2-3-4-5-6/h4-6H,2-3H2,1H3;3-4,6H,2,5H2,1H3. The second kappa shape index (κ2) is 16.7. The Balaban J connectivity index is 0. The van der Waals surface area contributed by atoms with Crippen molar-refractivity contribution in [1.29, 1.82) is 0 Å². The van der Waals surface area contributed by atoms with E-state index < -0.39 is 0 Å². The lowest BCUT2D eigenvalue weighted by Crippen LogP contribution is -1.67. The van der Waals surface area contributed by atoms with Crippen molar-refractivity contribution in [2.24, 2.45) is 0 Å². The quantitative estimate of drug-likeness (QED) is 0.505. The predicted octanol–water partition coefficient (Wildman–Crippen LogP) is 2.80. The van der Waals surface area contributed by atoms with E-state index in [9.17, 15) is 0 Å². The van der Waals surface area contributed by atoms with Crippen LogP contribution >= 0.6 is 0 Å². The van der Waals surface area contributed by atoms with Crippen LogP contribution in [0.2, 0.25) is 0 Å². The lowest BCUT2D eigenvalue weighted by Gasteiger charge is -1.75. The number of aliphatic hydroxyl groups is 2. The Morgan fingerprint density at radius 3 is 1.92 bits per heavy atom. The maximum atomic E-state index is 8.11. The van der Waals surface area contributed by atoms with Crippen molar-refractivity contribution in [3.05, 3.63) is 24.5 Å². The van der Waals surface area contributed by atoms with Crippen molar-refractivity contribution in [3.8, 4) is 0 Å². The first kappa shape index (κ1) is 13.8. The van der Waals surface area contributed by atoms with E-state index >= 15 is 0 Å². The van der Waals surface area contributed by atoms with Gasteiger partial charge in [0.15, 0.2) is 0 Å². The molecule has 0 saturated carbocycles. The fourth-order valence-corrected chi connectivity index (χ4v) is 0.482. The highest BCUT2D eigenvalue weighted by Crippen LogP contribution is 1.84. The SMILES string of the molecule is CCC=CCO.CCCC=CO. The summed E-state index contributed by atoms with van der Waals surface area (Å²) >= 11 is 0. The molecule has 0 unspecified atom stereocenters. The number of rotatable bonds is 4. The fraction of sp³-hybridized carbons (Fsp3) is 0.600. The molecule has 2 nitrogen and oxygen atoms in total. The van der Waals surface area contributed by atoms with Crippen LogP contribution in [0.4, 0.5) is 0 Å². The Bertz CT molecular complexity index is 100. The molecule has 0 aliphatic rings. The molecular formula is C10H20O2. The van der Waals surface area contributed by atoms with Crippen LogP contribution in [0.25, 0.3) is 0 Å². The number of hydrogen-bond acceptors (Lipinski definition) is 2. The molecule has 0 bridgehead atoms. The van der Waals surface area contributed by atoms with Crippen LogP contribution in [0.15, 0.2) is 24.5 Å². The van der Waals surface area contributed by atoms with Crippen LogP contribution in [0.3, 0.4) is 0 Å². The third-order valence-corrected chi connectivity index (χ3v) is 1.07. The summed E-state index contributed by atoms with van der Waals surface area (Å²) in [7, 11) is 0. The van der Waals surface area contributed by atoms with E-state index in [0.29, 0.717) is 0 Å². The zero-order valence-electron chi connectivity index (χ0n) is 8.03. The Morgan fingerprint density at radius 2 is 1.75 bits per heavy atom. The summed E-state index contributed by atoms with van der Waals surface area (Å²) in [5.41, 5.74) is 0. The molecule has 0 amide bonds. The second-order valence-electron chi connectivity index (χ2n) is 2.24. The topological polar surface area (TPSA) is 40.5 Å². The average Bonchev–Trinajstić information content (AvgIpc) is 2.12. The molecule has 2 heteroatoms. The van der Waals surface area contributed by atoms with Gasteiger partial charge < -0.3 is 10.2 Å². The number of allylic oxidation sites excluding steroid dienone is 2. The van der Waals surface area contributed by atoms with Gasteiger partial charge in [-0.15, -0.1) is 0 Å². The summed E-state index contributed by atoms with van der Waals surface area (Å²) in [6.45, 7) is 4.28. The maximum absolute atomic E-state index is 8.11. The highest BCUT2D eigenvalue weighted by Gasteiger charge is 1.66. The van der Waals surface area contributed by atoms with E-state index in [1.54, 1.807) is 12.2 Å². The number of aliphatic hydroxyl groups excluding tert-OH is 2. The van der Waals surface area contributed by atoms with Gasteiger partial charge >= 0.3 is 0 Å². The van der Waals surface area contributed by atoms with Crippen LogP contribution < -0.4 is 0 Å². The number of hydrogen-bond donors (Lipinski definition) is 2. The summed E-state index contributed by atoms with van der Waals surface area (Å²) in [5.74, 6) is 0. The van der Waals surface area contributed by atoms with Crippen molar-refractivity contribution < 1.29 is 10.2 Å². The van der Waals surface area contributed by atoms with Crippen molar-refractivity contribution in [1.82, 2.24) is 0 Å². The zero-order valence-corrected chi connectivity index (χ0v) is 8.03. The largest absolute Gasteiger partial charge is 0.516 e. The first-order chi connectivity index (χ1) is 5.83. The first-order valence-corrected chi connectivity index (χ1v) is 4.38. The van der Waals surface area contributed by atoms with E-state index in [4.69, 9.17) is 10.2 Å². The molecule has 0 radical (unpaired) electrons. The van der Waals surface area contributed by atoms with Gasteiger partial charge in [-0.25, -0.2) is 0 Å². The normalized spacial score (nSPS) is 10.2. The summed E-state index contributed by atoms with van der Waals surface area (Å²) in [6, 6.07) is 0. The second-order valence-corrected chi connectivity index (χ2v) is 2.24. The Morgan fingerprint density at radius 1 is 1.08 bits per heavy atom. The molecule has 0 aliphatic carbocycles. The van der Waals surface area contributed by atoms with E-state index in [2.05, 4.69) is 6.92 Å². The van der Waals surface area contributed by atoms with Gasteiger partial charge in [-0.3, -0.25) is 0 Å². The average molecular weight is 172 g/mol. The minimum Gasteiger partial charge on any atom is -0.516 e. The van der Waals surface area contributed by atoms with Crippen LogP contribution in [-0.2, 0) is 0 Å². The van der Waals surface area contributed by atoms with Gasteiger partial charge in [0.2, 0.25) is 0 Å². The third kappa shape index (κ3) is 22.8. The highest BCUT2D eigenvalue weighted by molar-refractivity contribution is 4.78. The Labute approximate surface area is 75.2 Å². The number of unbranched alkanes of at least 4 members (excludes halogenated alkanes) is 1. The van der Waals surface area contributed by atoms with E-state index in [1.165, 1.54) is 0 Å². The minimum atomic E-state index is 0.174. The van der Waals surface area contributed by atoms with Gasteiger partial charge in [-0.2, -0.15) is 0 Å². The summed E-state index contributed by atoms with van der Waals surface area (Å²) in [4.78, 5) is 0. The molecule has 72 valence electrons. The third-order valence-electron chi connectivity index (χ3n) is 1.07. The molecule has 0 aromatic heterocycles.